The van der Waals surface area contributed by atoms with Crippen LogP contribution in [0, 0.1) is 0 Å². The first kappa shape index (κ1) is 20.8. The molecule has 0 aliphatic heterocycles. The predicted molar refractivity (Wildman–Crippen MR) is 115 cm³/mol. The molecule has 1 aromatic heterocycles. The highest BCUT2D eigenvalue weighted by Crippen LogP contribution is 2.50. The molecule has 2 aromatic carbocycles. The summed E-state index contributed by atoms with van der Waals surface area (Å²) in [4.78, 5) is 1.04. The van der Waals surface area contributed by atoms with Crippen LogP contribution in [0.4, 0.5) is 0 Å². The monoisotopic (exact) mass is 415 g/mol. The van der Waals surface area contributed by atoms with Gasteiger partial charge in [0.05, 0.1) is 51.2 Å². The molecule has 1 heterocycles. The van der Waals surface area contributed by atoms with E-state index in [2.05, 4.69) is 11.3 Å². The molecule has 29 heavy (non-hydrogen) atoms. The van der Waals surface area contributed by atoms with E-state index in [1.165, 1.54) is 11.5 Å². The largest absolute Gasteiger partial charge is 0.494 e. The Hall–Kier alpha value is -2.93. The lowest BCUT2D eigenvalue weighted by Gasteiger charge is -2.17. The van der Waals surface area contributed by atoms with Gasteiger partial charge in [0.2, 0.25) is 11.5 Å². The average Bonchev–Trinajstić information content (AvgIpc) is 3.26. The molecule has 0 fully saturated rings. The van der Waals surface area contributed by atoms with Gasteiger partial charge >= 0.3 is 0 Å². The molecule has 0 bridgehead atoms. The number of benzene rings is 2. The van der Waals surface area contributed by atoms with Crippen LogP contribution in [0.3, 0.4) is 0 Å². The second-order valence-corrected chi connectivity index (χ2v) is 6.98. The highest BCUT2D eigenvalue weighted by Gasteiger charge is 2.23. The lowest BCUT2D eigenvalue weighted by Crippen LogP contribution is -1.99. The Balaban J connectivity index is 1.99. The van der Waals surface area contributed by atoms with Gasteiger partial charge in [-0.25, -0.2) is 0 Å². The van der Waals surface area contributed by atoms with Crippen LogP contribution in [-0.2, 0) is 0 Å². The topological polar surface area (TPSA) is 59.0 Å². The minimum absolute atomic E-state index is 0.469. The standard InChI is InChI=1S/C22H25NO5S/c1-6-11-28-15-9-7-14(8-10-15)19-13-17(23-29-19)16-12-18(24-2)21(26-4)22(27-5)20(16)25-3/h7-10,12-13H,6,11H2,1-5H3. The highest BCUT2D eigenvalue weighted by molar-refractivity contribution is 7.09. The first-order valence-corrected chi connectivity index (χ1v) is 10.0. The van der Waals surface area contributed by atoms with Crippen LogP contribution in [0.15, 0.2) is 36.4 Å². The smallest absolute Gasteiger partial charge is 0.207 e. The normalized spacial score (nSPS) is 10.5. The van der Waals surface area contributed by atoms with Crippen LogP contribution in [0.25, 0.3) is 21.7 Å². The summed E-state index contributed by atoms with van der Waals surface area (Å²) in [6.07, 6.45) is 0.983. The van der Waals surface area contributed by atoms with Gasteiger partial charge in [-0.05, 0) is 59.9 Å². The van der Waals surface area contributed by atoms with Crippen molar-refractivity contribution in [3.63, 3.8) is 0 Å². The molecule has 0 aliphatic rings. The summed E-state index contributed by atoms with van der Waals surface area (Å²) >= 11 is 1.42. The van der Waals surface area contributed by atoms with E-state index in [4.69, 9.17) is 23.7 Å². The highest BCUT2D eigenvalue weighted by atomic mass is 32.1. The third kappa shape index (κ3) is 4.24. The van der Waals surface area contributed by atoms with Crippen molar-refractivity contribution in [3.8, 4) is 50.4 Å². The third-order valence-electron chi connectivity index (χ3n) is 4.39. The minimum atomic E-state index is 0.469. The number of methoxy groups -OCH3 is 4. The van der Waals surface area contributed by atoms with E-state index in [-0.39, 0.29) is 0 Å². The summed E-state index contributed by atoms with van der Waals surface area (Å²) in [6, 6.07) is 11.9. The molecule has 0 N–H and O–H groups in total. The van der Waals surface area contributed by atoms with Gasteiger partial charge in [-0.2, -0.15) is 4.37 Å². The van der Waals surface area contributed by atoms with Gasteiger partial charge in [0.1, 0.15) is 5.75 Å². The molecule has 154 valence electrons. The van der Waals surface area contributed by atoms with Crippen LogP contribution in [-0.4, -0.2) is 39.4 Å². The van der Waals surface area contributed by atoms with Crippen molar-refractivity contribution < 1.29 is 23.7 Å². The van der Waals surface area contributed by atoms with E-state index in [1.807, 2.05) is 36.4 Å². The molecule has 0 saturated heterocycles. The lowest BCUT2D eigenvalue weighted by atomic mass is 10.1. The van der Waals surface area contributed by atoms with Crippen molar-refractivity contribution in [3.05, 3.63) is 36.4 Å². The van der Waals surface area contributed by atoms with Crippen molar-refractivity contribution in [1.29, 1.82) is 0 Å². The molecule has 0 atom stereocenters. The predicted octanol–water partition coefficient (Wildman–Crippen LogP) is 5.30. The molecule has 0 unspecified atom stereocenters. The van der Waals surface area contributed by atoms with E-state index in [9.17, 15) is 0 Å². The van der Waals surface area contributed by atoms with E-state index in [0.717, 1.165) is 33.9 Å². The fraction of sp³-hybridized carbons (Fsp3) is 0.318. The Morgan fingerprint density at radius 3 is 2.10 bits per heavy atom. The average molecular weight is 416 g/mol. The van der Waals surface area contributed by atoms with Gasteiger partial charge in [-0.1, -0.05) is 6.92 Å². The summed E-state index contributed by atoms with van der Waals surface area (Å²) in [5.74, 6) is 2.91. The Morgan fingerprint density at radius 1 is 0.828 bits per heavy atom. The molecule has 6 nitrogen and oxygen atoms in total. The maximum Gasteiger partial charge on any atom is 0.207 e. The fourth-order valence-electron chi connectivity index (χ4n) is 3.00. The summed E-state index contributed by atoms with van der Waals surface area (Å²) in [5, 5.41) is 0. The number of hydrogen-bond acceptors (Lipinski definition) is 7. The van der Waals surface area contributed by atoms with Gasteiger partial charge in [0.15, 0.2) is 11.5 Å². The van der Waals surface area contributed by atoms with Crippen molar-refractivity contribution in [2.45, 2.75) is 13.3 Å². The van der Waals surface area contributed by atoms with Gasteiger partial charge < -0.3 is 23.7 Å². The molecule has 3 rings (SSSR count). The van der Waals surface area contributed by atoms with Gasteiger partial charge in [0, 0.05) is 0 Å². The zero-order valence-corrected chi connectivity index (χ0v) is 18.1. The quantitative estimate of drug-likeness (QED) is 0.473. The van der Waals surface area contributed by atoms with Crippen LogP contribution >= 0.6 is 11.5 Å². The Labute approximate surface area is 175 Å². The fourth-order valence-corrected chi connectivity index (χ4v) is 3.75. The molecule has 3 aromatic rings. The summed E-state index contributed by atoms with van der Waals surface area (Å²) in [7, 11) is 6.31. The van der Waals surface area contributed by atoms with E-state index in [0.29, 0.717) is 29.6 Å². The Morgan fingerprint density at radius 2 is 1.52 bits per heavy atom. The summed E-state index contributed by atoms with van der Waals surface area (Å²) in [6.45, 7) is 2.80. The summed E-state index contributed by atoms with van der Waals surface area (Å²) in [5.41, 5.74) is 2.61. The van der Waals surface area contributed by atoms with Crippen LogP contribution in [0.2, 0.25) is 0 Å². The van der Waals surface area contributed by atoms with Crippen molar-refractivity contribution in [2.75, 3.05) is 35.0 Å². The second-order valence-electron chi connectivity index (χ2n) is 6.18. The molecular formula is C22H25NO5S. The molecule has 0 aliphatic carbocycles. The van der Waals surface area contributed by atoms with Crippen molar-refractivity contribution in [2.24, 2.45) is 0 Å². The molecular weight excluding hydrogens is 390 g/mol. The summed E-state index contributed by atoms with van der Waals surface area (Å²) < 4.78 is 32.4. The van der Waals surface area contributed by atoms with Gasteiger partial charge in [-0.3, -0.25) is 0 Å². The number of nitrogens with zero attached hydrogens (tertiary/aromatic N) is 1. The molecule has 7 heteroatoms. The van der Waals surface area contributed by atoms with Crippen LogP contribution in [0.5, 0.6) is 28.7 Å². The number of aromatic nitrogens is 1. The minimum Gasteiger partial charge on any atom is -0.494 e. The first-order valence-electron chi connectivity index (χ1n) is 9.24. The maximum atomic E-state index is 5.66. The van der Waals surface area contributed by atoms with E-state index in [1.54, 1.807) is 28.4 Å². The SMILES string of the molecule is CCCOc1ccc(-c2cc(-c3cc(OC)c(OC)c(OC)c3OC)ns2)cc1. The molecule has 0 radical (unpaired) electrons. The van der Waals surface area contributed by atoms with Crippen LogP contribution < -0.4 is 23.7 Å². The lowest BCUT2D eigenvalue weighted by molar-refractivity contribution is 0.306. The Bertz CT molecular complexity index is 953. The number of rotatable bonds is 9. The molecule has 0 spiro atoms. The Kier molecular flexibility index (Phi) is 6.82. The second kappa shape index (κ2) is 9.52. The van der Waals surface area contributed by atoms with E-state index >= 15 is 0 Å². The zero-order chi connectivity index (χ0) is 20.8. The molecule has 0 amide bonds. The zero-order valence-electron chi connectivity index (χ0n) is 17.3. The third-order valence-corrected chi connectivity index (χ3v) is 5.22. The first-order chi connectivity index (χ1) is 14.2. The number of ether oxygens (including phenoxy) is 5. The number of hydrogen-bond donors (Lipinski definition) is 0. The van der Waals surface area contributed by atoms with Gasteiger partial charge in [0.25, 0.3) is 0 Å². The van der Waals surface area contributed by atoms with Crippen LogP contribution in [0.1, 0.15) is 13.3 Å². The maximum absolute atomic E-state index is 5.66. The van der Waals surface area contributed by atoms with Gasteiger partial charge in [-0.15, -0.1) is 0 Å². The van der Waals surface area contributed by atoms with Crippen molar-refractivity contribution in [1.82, 2.24) is 4.37 Å². The van der Waals surface area contributed by atoms with Crippen molar-refractivity contribution >= 4 is 11.5 Å². The molecule has 0 saturated carbocycles. The van der Waals surface area contributed by atoms with E-state index < -0.39 is 0 Å².